The highest BCUT2D eigenvalue weighted by molar-refractivity contribution is 6.39. The fourth-order valence-corrected chi connectivity index (χ4v) is 11.8. The molecule has 2 saturated heterocycles. The number of amides is 1. The number of methoxy groups -OCH3 is 4. The third-order valence-corrected chi connectivity index (χ3v) is 16.8. The Morgan fingerprint density at radius 3 is 2.15 bits per heavy atom. The minimum Gasteiger partial charge on any atom is -0.460 e. The SMILES string of the molecule is CCOCCOCCOCCCC(=O)O[C@@H]1CC[C@@H](C[C@@H](C)[C@@H]2C[C@@H](OC)[C@H](C)/C=C(\C)[C@@H](O)[C@@H](OC)C(=O)[C@H](C)C[C@H](C)/C=C/C=C/C=C(\C)[C@@H](OC)C[C@@H]3CC[C@@H](C)[C@@](O)(O3)C(=O)C(=O)N3CCCC[C@H]3C(=O)O2)C[C@H]1OC. The van der Waals surface area contributed by atoms with Crippen molar-refractivity contribution < 1.29 is 81.6 Å². The average Bonchev–Trinajstić information content (AvgIpc) is 3.44. The summed E-state index contributed by atoms with van der Waals surface area (Å²) in [6, 6.07) is -1.11. The number of hydrogen-bond donors (Lipinski definition) is 2. The first-order valence-corrected chi connectivity index (χ1v) is 29.6. The van der Waals surface area contributed by atoms with E-state index in [2.05, 4.69) is 0 Å². The van der Waals surface area contributed by atoms with Crippen molar-refractivity contribution in [1.29, 1.82) is 0 Å². The Morgan fingerprint density at radius 2 is 1.48 bits per heavy atom. The number of cyclic esters (lactones) is 1. The maximum atomic E-state index is 14.8. The molecule has 1 aliphatic carbocycles. The monoisotopic (exact) mass is 1130 g/mol. The second kappa shape index (κ2) is 35.4. The van der Waals surface area contributed by atoms with Gasteiger partial charge in [0.1, 0.15) is 30.5 Å². The van der Waals surface area contributed by atoms with E-state index in [0.717, 1.165) is 12.0 Å². The third-order valence-electron chi connectivity index (χ3n) is 16.8. The lowest BCUT2D eigenvalue weighted by molar-refractivity contribution is -0.265. The standard InChI is InChI=1S/C62H101NO17/c1-13-75-30-31-77-33-32-76-29-19-23-55(64)78-50-27-25-47(37-54(50)73-11)36-43(5)53-39-52(72-10)42(4)35-45(7)57(66)58(74-12)56(65)44(6)34-40(2)20-15-14-16-21-41(3)51(71-9)38-48-26-24-46(8)62(70,80-48)59(67)60(68)63-28-18-17-22-49(63)61(69)79-53/h14-16,20-21,35,40,42-44,46-54,57-58,66,70H,13,17-19,22-34,36-39H2,1-12H3/b16-14+,20-15+,41-21+,45-35+/t40-,42-,43-,44-,46-,47+,48+,49+,50-,51+,52-,53+,54-,57-,58+,62-/m1/s1. The molecule has 0 aromatic rings. The highest BCUT2D eigenvalue weighted by Crippen LogP contribution is 2.38. The zero-order valence-corrected chi connectivity index (χ0v) is 50.4. The molecule has 0 spiro atoms. The number of hydrogen-bond acceptors (Lipinski definition) is 17. The number of carbonyl (C=O) groups excluding carboxylic acids is 5. The molecule has 1 saturated carbocycles. The van der Waals surface area contributed by atoms with Crippen molar-refractivity contribution in [2.24, 2.45) is 35.5 Å². The molecule has 0 radical (unpaired) electrons. The predicted octanol–water partition coefficient (Wildman–Crippen LogP) is 8.03. The van der Waals surface area contributed by atoms with Gasteiger partial charge in [-0.1, -0.05) is 71.1 Å². The molecule has 0 aromatic heterocycles. The number of esters is 2. The number of aliphatic hydroxyl groups is 2. The molecular formula is C62H101NO17. The largest absolute Gasteiger partial charge is 0.460 e. The van der Waals surface area contributed by atoms with E-state index in [1.54, 1.807) is 35.2 Å². The predicted molar refractivity (Wildman–Crippen MR) is 302 cm³/mol. The average molecular weight is 1130 g/mol. The van der Waals surface area contributed by atoms with Crippen LogP contribution in [0.1, 0.15) is 145 Å². The molecule has 0 unspecified atom stereocenters. The maximum Gasteiger partial charge on any atom is 0.329 e. The summed E-state index contributed by atoms with van der Waals surface area (Å²) in [5, 5.41) is 23.8. The van der Waals surface area contributed by atoms with Gasteiger partial charge in [0.05, 0.1) is 50.8 Å². The number of ketones is 2. The second-order valence-electron chi connectivity index (χ2n) is 23.0. The van der Waals surface area contributed by atoms with Crippen LogP contribution in [0.4, 0.5) is 0 Å². The van der Waals surface area contributed by atoms with E-state index in [1.807, 2.05) is 78.0 Å². The van der Waals surface area contributed by atoms with Gasteiger partial charge < -0.3 is 62.5 Å². The summed E-state index contributed by atoms with van der Waals surface area (Å²) in [6.45, 7) is 18.2. The molecule has 456 valence electrons. The number of nitrogens with zero attached hydrogens (tertiary/aromatic N) is 1. The van der Waals surface area contributed by atoms with E-state index < -0.39 is 84.1 Å². The Labute approximate surface area is 478 Å². The molecule has 4 aliphatic rings. The van der Waals surface area contributed by atoms with Crippen LogP contribution in [-0.4, -0.2) is 180 Å². The van der Waals surface area contributed by atoms with Gasteiger partial charge in [0.2, 0.25) is 5.79 Å². The van der Waals surface area contributed by atoms with Crippen LogP contribution < -0.4 is 0 Å². The number of rotatable bonds is 19. The van der Waals surface area contributed by atoms with E-state index in [9.17, 15) is 34.2 Å². The van der Waals surface area contributed by atoms with Gasteiger partial charge in [-0.15, -0.1) is 0 Å². The van der Waals surface area contributed by atoms with E-state index in [1.165, 1.54) is 12.0 Å². The van der Waals surface area contributed by atoms with E-state index >= 15 is 0 Å². The Balaban J connectivity index is 1.60. The summed E-state index contributed by atoms with van der Waals surface area (Å²) in [5.74, 6) is -7.36. The molecule has 2 bridgehead atoms. The number of Topliss-reactive ketones (excluding diaryl/α,β-unsaturated/α-hetero) is 2. The molecule has 18 nitrogen and oxygen atoms in total. The van der Waals surface area contributed by atoms with Crippen LogP contribution in [0.15, 0.2) is 47.6 Å². The van der Waals surface area contributed by atoms with Gasteiger partial charge in [-0.25, -0.2) is 4.79 Å². The Morgan fingerprint density at radius 1 is 0.775 bits per heavy atom. The topological polar surface area (TPSA) is 221 Å². The Bertz CT molecular complexity index is 2040. The van der Waals surface area contributed by atoms with Crippen LogP contribution in [0.5, 0.6) is 0 Å². The zero-order valence-electron chi connectivity index (χ0n) is 50.4. The molecule has 2 N–H and O–H groups in total. The highest BCUT2D eigenvalue weighted by atomic mass is 16.6. The zero-order chi connectivity index (χ0) is 58.9. The molecule has 0 aromatic carbocycles. The summed E-state index contributed by atoms with van der Waals surface area (Å²) in [7, 11) is 6.20. The lowest BCUT2D eigenvalue weighted by Gasteiger charge is -2.43. The summed E-state index contributed by atoms with van der Waals surface area (Å²) in [5.41, 5.74) is 1.40. The third kappa shape index (κ3) is 20.9. The first-order valence-electron chi connectivity index (χ1n) is 29.6. The van der Waals surface area contributed by atoms with Crippen molar-refractivity contribution in [3.8, 4) is 0 Å². The first-order chi connectivity index (χ1) is 38.2. The van der Waals surface area contributed by atoms with Crippen molar-refractivity contribution >= 4 is 29.4 Å². The number of aliphatic hydroxyl groups excluding tert-OH is 1. The van der Waals surface area contributed by atoms with Gasteiger partial charge in [0.25, 0.3) is 11.7 Å². The number of piperidine rings is 1. The maximum absolute atomic E-state index is 14.8. The molecule has 3 aliphatic heterocycles. The fraction of sp³-hybridized carbons (Fsp3) is 0.790. The number of ether oxygens (including phenoxy) is 10. The summed E-state index contributed by atoms with van der Waals surface area (Å²) >= 11 is 0. The summed E-state index contributed by atoms with van der Waals surface area (Å²) < 4.78 is 58.8. The number of fused-ring (bicyclic) bond motifs is 3. The van der Waals surface area contributed by atoms with Crippen LogP contribution in [0.2, 0.25) is 0 Å². The van der Waals surface area contributed by atoms with Gasteiger partial charge in [-0.05, 0) is 120 Å². The van der Waals surface area contributed by atoms with Crippen molar-refractivity contribution in [2.45, 2.75) is 206 Å². The molecule has 3 fully saturated rings. The van der Waals surface area contributed by atoms with E-state index in [4.69, 9.17) is 47.4 Å². The van der Waals surface area contributed by atoms with Gasteiger partial charge in [-0.2, -0.15) is 0 Å². The molecule has 80 heavy (non-hydrogen) atoms. The Kier molecular flexibility index (Phi) is 30.5. The minimum absolute atomic E-state index is 0.0283. The van der Waals surface area contributed by atoms with Crippen molar-refractivity contribution in [1.82, 2.24) is 4.90 Å². The lowest BCUT2D eigenvalue weighted by atomic mass is 9.78. The normalized spacial score (nSPS) is 35.9. The molecule has 3 heterocycles. The summed E-state index contributed by atoms with van der Waals surface area (Å²) in [4.78, 5) is 71.8. The molecular weight excluding hydrogens is 1030 g/mol. The van der Waals surface area contributed by atoms with E-state index in [-0.39, 0.29) is 67.3 Å². The second-order valence-corrected chi connectivity index (χ2v) is 23.0. The smallest absolute Gasteiger partial charge is 0.329 e. The molecule has 16 atom stereocenters. The van der Waals surface area contributed by atoms with E-state index in [0.29, 0.717) is 109 Å². The van der Waals surface area contributed by atoms with Crippen LogP contribution in [-0.2, 0) is 71.3 Å². The van der Waals surface area contributed by atoms with Gasteiger partial charge in [0.15, 0.2) is 5.78 Å². The van der Waals surface area contributed by atoms with Gasteiger partial charge >= 0.3 is 11.9 Å². The summed E-state index contributed by atoms with van der Waals surface area (Å²) in [6.07, 6.45) is 12.7. The van der Waals surface area contributed by atoms with Crippen molar-refractivity contribution in [3.05, 3.63) is 47.6 Å². The molecule has 18 heteroatoms. The van der Waals surface area contributed by atoms with Crippen LogP contribution >= 0.6 is 0 Å². The van der Waals surface area contributed by atoms with Crippen LogP contribution in [0.3, 0.4) is 0 Å². The quantitative estimate of drug-likeness (QED) is 0.0541. The number of carbonyl (C=O) groups is 5. The minimum atomic E-state index is -2.43. The lowest BCUT2D eigenvalue weighted by Crippen LogP contribution is -2.61. The van der Waals surface area contributed by atoms with Gasteiger partial charge in [-0.3, -0.25) is 19.2 Å². The highest BCUT2D eigenvalue weighted by Gasteiger charge is 2.53. The first kappa shape index (κ1) is 68.8. The fourth-order valence-electron chi connectivity index (χ4n) is 11.8. The Hall–Kier alpha value is -3.69. The van der Waals surface area contributed by atoms with Crippen molar-refractivity contribution in [3.63, 3.8) is 0 Å². The van der Waals surface area contributed by atoms with Crippen LogP contribution in [0.25, 0.3) is 0 Å². The van der Waals surface area contributed by atoms with Crippen molar-refractivity contribution in [2.75, 3.05) is 74.6 Å². The molecule has 1 amide bonds. The molecule has 4 rings (SSSR count). The van der Waals surface area contributed by atoms with Gasteiger partial charge in [0, 0.05) is 85.2 Å². The van der Waals surface area contributed by atoms with Crippen LogP contribution in [0, 0.1) is 35.5 Å². The number of allylic oxidation sites excluding steroid dienone is 5.